The fourth-order valence-corrected chi connectivity index (χ4v) is 5.79. The predicted molar refractivity (Wildman–Crippen MR) is 105 cm³/mol. The highest BCUT2D eigenvalue weighted by atomic mass is 127. The molecule has 1 N–H and O–H groups in total. The topological polar surface area (TPSA) is 61.8 Å². The zero-order chi connectivity index (χ0) is 15.8. The minimum Gasteiger partial charge on any atom is -0.356 e. The number of rotatable bonds is 4. The Morgan fingerprint density at radius 3 is 2.22 bits per heavy atom. The van der Waals surface area contributed by atoms with Gasteiger partial charge in [-0.15, -0.1) is 24.0 Å². The number of likely N-dealkylation sites (tertiary alicyclic amines) is 1. The van der Waals surface area contributed by atoms with Gasteiger partial charge in [0.2, 0.25) is 0 Å². The third-order valence-corrected chi connectivity index (χ3v) is 6.77. The van der Waals surface area contributed by atoms with E-state index in [9.17, 15) is 8.42 Å². The SMILES string of the molecule is CN=C(NCC1(CS(C)(=O)=O)CC1)N1CC2CCCCC2C1.I. The van der Waals surface area contributed by atoms with E-state index in [0.29, 0.717) is 5.75 Å². The maximum absolute atomic E-state index is 11.6. The van der Waals surface area contributed by atoms with Crippen LogP contribution in [-0.4, -0.2) is 58.0 Å². The zero-order valence-electron chi connectivity index (χ0n) is 14.3. The normalized spacial score (nSPS) is 29.7. The summed E-state index contributed by atoms with van der Waals surface area (Å²) in [6, 6.07) is 0. The van der Waals surface area contributed by atoms with Gasteiger partial charge in [0.25, 0.3) is 0 Å². The molecular formula is C16H30IN3O2S. The first-order valence-corrected chi connectivity index (χ1v) is 10.6. The fourth-order valence-electron chi connectivity index (χ4n) is 4.28. The summed E-state index contributed by atoms with van der Waals surface area (Å²) >= 11 is 0. The second-order valence-corrected chi connectivity index (χ2v) is 9.82. The van der Waals surface area contributed by atoms with E-state index in [2.05, 4.69) is 15.2 Å². The van der Waals surface area contributed by atoms with Gasteiger partial charge in [-0.05, 0) is 37.5 Å². The average Bonchev–Trinajstić information content (AvgIpc) is 3.05. The van der Waals surface area contributed by atoms with Crippen LogP contribution in [0, 0.1) is 17.3 Å². The van der Waals surface area contributed by atoms with E-state index in [1.54, 1.807) is 0 Å². The molecule has 2 saturated carbocycles. The molecule has 3 rings (SSSR count). The number of sulfone groups is 1. The van der Waals surface area contributed by atoms with Crippen LogP contribution in [0.2, 0.25) is 0 Å². The average molecular weight is 455 g/mol. The van der Waals surface area contributed by atoms with Crippen LogP contribution in [0.25, 0.3) is 0 Å². The smallest absolute Gasteiger partial charge is 0.193 e. The molecule has 0 aromatic carbocycles. The van der Waals surface area contributed by atoms with E-state index >= 15 is 0 Å². The third kappa shape index (κ3) is 4.96. The highest BCUT2D eigenvalue weighted by Crippen LogP contribution is 2.46. The van der Waals surface area contributed by atoms with Gasteiger partial charge in [0.15, 0.2) is 5.96 Å². The number of hydrogen-bond acceptors (Lipinski definition) is 3. The number of nitrogens with zero attached hydrogens (tertiary/aromatic N) is 2. The van der Waals surface area contributed by atoms with Gasteiger partial charge in [-0.2, -0.15) is 0 Å². The van der Waals surface area contributed by atoms with Crippen LogP contribution < -0.4 is 5.32 Å². The number of guanidine groups is 1. The summed E-state index contributed by atoms with van der Waals surface area (Å²) in [5, 5.41) is 3.46. The van der Waals surface area contributed by atoms with Crippen molar-refractivity contribution in [2.24, 2.45) is 22.2 Å². The number of halogens is 1. The summed E-state index contributed by atoms with van der Waals surface area (Å²) in [7, 11) is -1.07. The summed E-state index contributed by atoms with van der Waals surface area (Å²) in [6.07, 6.45) is 8.82. The molecule has 0 aromatic heterocycles. The summed E-state index contributed by atoms with van der Waals surface area (Å²) < 4.78 is 23.1. The summed E-state index contributed by atoms with van der Waals surface area (Å²) in [4.78, 5) is 6.82. The lowest BCUT2D eigenvalue weighted by molar-refractivity contribution is 0.299. The Hall–Kier alpha value is -0.0500. The van der Waals surface area contributed by atoms with Gasteiger partial charge in [0.05, 0.1) is 5.75 Å². The van der Waals surface area contributed by atoms with Crippen LogP contribution in [0.5, 0.6) is 0 Å². The maximum atomic E-state index is 11.6. The molecule has 0 bridgehead atoms. The van der Waals surface area contributed by atoms with Crippen molar-refractivity contribution in [3.8, 4) is 0 Å². The largest absolute Gasteiger partial charge is 0.356 e. The Balaban J connectivity index is 0.00000192. The highest BCUT2D eigenvalue weighted by Gasteiger charge is 2.45. The molecule has 1 saturated heterocycles. The highest BCUT2D eigenvalue weighted by molar-refractivity contribution is 14.0. The molecule has 134 valence electrons. The van der Waals surface area contributed by atoms with Gasteiger partial charge in [-0.1, -0.05) is 12.8 Å². The Labute approximate surface area is 157 Å². The minimum absolute atomic E-state index is 0. The second kappa shape index (κ2) is 7.45. The van der Waals surface area contributed by atoms with E-state index in [4.69, 9.17) is 0 Å². The molecule has 0 aromatic rings. The number of aliphatic imine (C=N–C) groups is 1. The molecule has 23 heavy (non-hydrogen) atoms. The first-order chi connectivity index (χ1) is 10.4. The molecule has 3 aliphatic rings. The molecule has 2 atom stereocenters. The van der Waals surface area contributed by atoms with Gasteiger partial charge in [0.1, 0.15) is 9.84 Å². The fraction of sp³-hybridized carbons (Fsp3) is 0.938. The van der Waals surface area contributed by atoms with Crippen LogP contribution in [0.1, 0.15) is 38.5 Å². The lowest BCUT2D eigenvalue weighted by atomic mass is 9.82. The second-order valence-electron chi connectivity index (χ2n) is 7.68. The summed E-state index contributed by atoms with van der Waals surface area (Å²) in [6.45, 7) is 2.96. The van der Waals surface area contributed by atoms with Gasteiger partial charge >= 0.3 is 0 Å². The van der Waals surface area contributed by atoms with E-state index in [1.165, 1.54) is 31.9 Å². The van der Waals surface area contributed by atoms with Crippen LogP contribution >= 0.6 is 24.0 Å². The van der Waals surface area contributed by atoms with E-state index in [1.807, 2.05) is 7.05 Å². The lowest BCUT2D eigenvalue weighted by Crippen LogP contribution is -2.43. The van der Waals surface area contributed by atoms with Gasteiger partial charge < -0.3 is 10.2 Å². The molecule has 0 amide bonds. The molecule has 0 radical (unpaired) electrons. The Morgan fingerprint density at radius 2 is 1.78 bits per heavy atom. The first-order valence-electron chi connectivity index (χ1n) is 8.54. The summed E-state index contributed by atoms with van der Waals surface area (Å²) in [5.74, 6) is 2.93. The van der Waals surface area contributed by atoms with Crippen molar-refractivity contribution in [3.05, 3.63) is 0 Å². The third-order valence-electron chi connectivity index (χ3n) is 5.63. The van der Waals surface area contributed by atoms with Crippen LogP contribution in [-0.2, 0) is 9.84 Å². The van der Waals surface area contributed by atoms with Crippen LogP contribution in [0.15, 0.2) is 4.99 Å². The van der Waals surface area contributed by atoms with Crippen LogP contribution in [0.3, 0.4) is 0 Å². The quantitative estimate of drug-likeness (QED) is 0.401. The molecular weight excluding hydrogens is 425 g/mol. The molecule has 1 heterocycles. The van der Waals surface area contributed by atoms with Crippen molar-refractivity contribution < 1.29 is 8.42 Å². The van der Waals surface area contributed by atoms with Gasteiger partial charge in [-0.3, -0.25) is 4.99 Å². The maximum Gasteiger partial charge on any atom is 0.193 e. The standard InChI is InChI=1S/C16H29N3O2S.HI/c1-17-15(18-11-16(7-8-16)12-22(2,20)21)19-9-13-5-3-4-6-14(13)10-19;/h13-14H,3-12H2,1-2H3,(H,17,18);1H. The van der Waals surface area contributed by atoms with Gasteiger partial charge in [0, 0.05) is 38.4 Å². The van der Waals surface area contributed by atoms with E-state index < -0.39 is 9.84 Å². The molecule has 5 nitrogen and oxygen atoms in total. The molecule has 2 unspecified atom stereocenters. The number of fused-ring (bicyclic) bond motifs is 1. The molecule has 2 aliphatic carbocycles. The lowest BCUT2D eigenvalue weighted by Gasteiger charge is -2.24. The van der Waals surface area contributed by atoms with Crippen LogP contribution in [0.4, 0.5) is 0 Å². The zero-order valence-corrected chi connectivity index (χ0v) is 17.4. The Morgan fingerprint density at radius 1 is 1.22 bits per heavy atom. The van der Waals surface area contributed by atoms with Crippen molar-refractivity contribution in [1.82, 2.24) is 10.2 Å². The molecule has 7 heteroatoms. The van der Waals surface area contributed by atoms with Crippen molar-refractivity contribution in [2.75, 3.05) is 38.7 Å². The van der Waals surface area contributed by atoms with E-state index in [0.717, 1.165) is 50.3 Å². The number of nitrogens with one attached hydrogen (secondary N) is 1. The van der Waals surface area contributed by atoms with Gasteiger partial charge in [-0.25, -0.2) is 8.42 Å². The van der Waals surface area contributed by atoms with Crippen molar-refractivity contribution in [3.63, 3.8) is 0 Å². The Bertz CT molecular complexity index is 532. The minimum atomic E-state index is -2.90. The van der Waals surface area contributed by atoms with Crippen molar-refractivity contribution in [2.45, 2.75) is 38.5 Å². The monoisotopic (exact) mass is 455 g/mol. The first kappa shape index (κ1) is 19.3. The molecule has 0 spiro atoms. The van der Waals surface area contributed by atoms with E-state index in [-0.39, 0.29) is 29.4 Å². The predicted octanol–water partition coefficient (Wildman–Crippen LogP) is 2.13. The summed E-state index contributed by atoms with van der Waals surface area (Å²) in [5.41, 5.74) is -0.0456. The van der Waals surface area contributed by atoms with Crippen molar-refractivity contribution >= 4 is 39.8 Å². The molecule has 3 fully saturated rings. The Kier molecular flexibility index (Phi) is 6.25. The number of hydrogen-bond donors (Lipinski definition) is 1. The molecule has 1 aliphatic heterocycles. The van der Waals surface area contributed by atoms with Crippen molar-refractivity contribution in [1.29, 1.82) is 0 Å².